The van der Waals surface area contributed by atoms with Gasteiger partial charge in [0, 0.05) is 11.3 Å². The number of hydrogen-bond acceptors (Lipinski definition) is 9. The molecule has 0 saturated carbocycles. The zero-order valence-corrected chi connectivity index (χ0v) is 26.2. The molecule has 1 aliphatic rings. The number of aromatic nitrogens is 1. The molecular weight excluding hydrogens is 610 g/mol. The third kappa shape index (κ3) is 6.34. The Kier molecular flexibility index (Phi) is 9.46. The Morgan fingerprint density at radius 3 is 2.09 bits per heavy atom. The molecule has 4 aromatic rings. The van der Waals surface area contributed by atoms with Crippen molar-refractivity contribution in [2.75, 3.05) is 11.3 Å². The number of aliphatic hydroxyl groups is 4. The minimum absolute atomic E-state index is 0.0823. The zero-order chi connectivity index (χ0) is 33.3. The van der Waals surface area contributed by atoms with E-state index in [-0.39, 0.29) is 27.8 Å². The highest BCUT2D eigenvalue weighted by atomic mass is 32.2. The molecule has 12 heteroatoms. The van der Waals surface area contributed by atoms with E-state index in [9.17, 15) is 38.9 Å². The van der Waals surface area contributed by atoms with Crippen LogP contribution in [-0.4, -0.2) is 64.4 Å². The van der Waals surface area contributed by atoms with Gasteiger partial charge in [-0.05, 0) is 59.9 Å². The van der Waals surface area contributed by atoms with Gasteiger partial charge in [-0.25, -0.2) is 8.42 Å². The second kappa shape index (κ2) is 13.2. The fraction of sp³-hybridized carbons (Fsp3) is 0.294. The first-order chi connectivity index (χ1) is 21.9. The van der Waals surface area contributed by atoms with Gasteiger partial charge in [0.05, 0.1) is 17.2 Å². The van der Waals surface area contributed by atoms with Crippen molar-refractivity contribution in [2.45, 2.75) is 62.2 Å². The quantitative estimate of drug-likeness (QED) is 0.192. The van der Waals surface area contributed by atoms with Crippen molar-refractivity contribution < 1.29 is 33.6 Å². The number of nitrogens with zero attached hydrogens (tertiary/aromatic N) is 2. The van der Waals surface area contributed by atoms with Crippen LogP contribution in [0.5, 0.6) is 0 Å². The number of anilines is 1. The molecule has 1 saturated heterocycles. The number of aryl methyl sites for hydroxylation is 1. The lowest BCUT2D eigenvalue weighted by Crippen LogP contribution is -2.57. The molecule has 5 N–H and O–H groups in total. The number of hydrogen-bond donors (Lipinski definition) is 5. The Hall–Kier alpha value is -4.35. The fourth-order valence-corrected chi connectivity index (χ4v) is 6.48. The normalized spacial score (nSPS) is 21.6. The van der Waals surface area contributed by atoms with Gasteiger partial charge in [0.25, 0.3) is 15.6 Å². The van der Waals surface area contributed by atoms with Crippen molar-refractivity contribution in [1.29, 1.82) is 5.26 Å². The number of benzene rings is 3. The van der Waals surface area contributed by atoms with Gasteiger partial charge in [-0.15, -0.1) is 0 Å². The number of pyridine rings is 1. The van der Waals surface area contributed by atoms with Gasteiger partial charge in [0.15, 0.2) is 6.23 Å². The molecule has 5 atom stereocenters. The standard InChI is InChI=1S/C34H35N3O8S/c1-19(2)21-6-8-22(9-7-21)26-16-28(23-10-12-24(13-11-23)36-46(43,44)25-14-4-20(3)5-15-25)37(33(42)27(26)17-35)34-32(41)31(40)30(39)29(18-38)45-34/h4-16,19,29-32,34,36,38-41H,18H2,1-3H3/t29-,30-,31+,32-,34-/m1/s1. The molecule has 46 heavy (non-hydrogen) atoms. The molecule has 2 heterocycles. The molecule has 3 aromatic carbocycles. The van der Waals surface area contributed by atoms with Crippen LogP contribution in [0.25, 0.3) is 22.4 Å². The molecule has 0 amide bonds. The summed E-state index contributed by atoms with van der Waals surface area (Å²) in [5, 5.41) is 51.8. The third-order valence-electron chi connectivity index (χ3n) is 8.13. The largest absolute Gasteiger partial charge is 0.394 e. The first-order valence-electron chi connectivity index (χ1n) is 14.7. The van der Waals surface area contributed by atoms with Crippen LogP contribution in [-0.2, 0) is 14.8 Å². The molecule has 240 valence electrons. The van der Waals surface area contributed by atoms with E-state index in [1.165, 1.54) is 24.3 Å². The highest BCUT2D eigenvalue weighted by Gasteiger charge is 2.45. The molecule has 0 unspecified atom stereocenters. The Labute approximate surface area is 266 Å². The highest BCUT2D eigenvalue weighted by molar-refractivity contribution is 7.92. The van der Waals surface area contributed by atoms with Gasteiger partial charge in [0.1, 0.15) is 36.0 Å². The second-order valence-electron chi connectivity index (χ2n) is 11.6. The van der Waals surface area contributed by atoms with E-state index >= 15 is 0 Å². The minimum Gasteiger partial charge on any atom is -0.394 e. The number of aliphatic hydroxyl groups excluding tert-OH is 4. The van der Waals surface area contributed by atoms with Crippen molar-refractivity contribution in [1.82, 2.24) is 4.57 Å². The van der Waals surface area contributed by atoms with E-state index in [1.807, 2.05) is 39.0 Å². The summed E-state index contributed by atoms with van der Waals surface area (Å²) in [5.41, 5.74) is 2.57. The molecule has 0 spiro atoms. The number of ether oxygens (including phenoxy) is 1. The number of rotatable bonds is 8. The summed E-state index contributed by atoms with van der Waals surface area (Å²) in [7, 11) is -3.90. The smallest absolute Gasteiger partial charge is 0.271 e. The lowest BCUT2D eigenvalue weighted by molar-refractivity contribution is -0.251. The first kappa shape index (κ1) is 33.0. The summed E-state index contributed by atoms with van der Waals surface area (Å²) >= 11 is 0. The maximum Gasteiger partial charge on any atom is 0.271 e. The Morgan fingerprint density at radius 2 is 1.52 bits per heavy atom. The van der Waals surface area contributed by atoms with Gasteiger partial charge >= 0.3 is 0 Å². The molecule has 5 rings (SSSR count). The van der Waals surface area contributed by atoms with Crippen molar-refractivity contribution in [3.63, 3.8) is 0 Å². The predicted octanol–water partition coefficient (Wildman–Crippen LogP) is 3.26. The van der Waals surface area contributed by atoms with Crippen molar-refractivity contribution in [3.05, 3.63) is 106 Å². The molecule has 0 bridgehead atoms. The molecular formula is C34H35N3O8S. The van der Waals surface area contributed by atoms with Crippen LogP contribution in [0.4, 0.5) is 5.69 Å². The van der Waals surface area contributed by atoms with Crippen molar-refractivity contribution >= 4 is 15.7 Å². The molecule has 1 aromatic heterocycles. The van der Waals surface area contributed by atoms with Gasteiger partial charge in [-0.1, -0.05) is 67.9 Å². The van der Waals surface area contributed by atoms with Crippen molar-refractivity contribution in [2.24, 2.45) is 0 Å². The third-order valence-corrected chi connectivity index (χ3v) is 9.53. The van der Waals surface area contributed by atoms with Crippen LogP contribution in [0.2, 0.25) is 0 Å². The summed E-state index contributed by atoms with van der Waals surface area (Å²) < 4.78 is 35.2. The zero-order valence-electron chi connectivity index (χ0n) is 25.4. The minimum atomic E-state index is -3.90. The van der Waals surface area contributed by atoms with Crippen LogP contribution in [0.3, 0.4) is 0 Å². The Bertz CT molecular complexity index is 1910. The summed E-state index contributed by atoms with van der Waals surface area (Å²) in [4.78, 5) is 14.2. The van der Waals surface area contributed by atoms with E-state index in [2.05, 4.69) is 4.72 Å². The molecule has 1 fully saturated rings. The van der Waals surface area contributed by atoms with E-state index in [0.717, 1.165) is 15.7 Å². The second-order valence-corrected chi connectivity index (χ2v) is 13.3. The van der Waals surface area contributed by atoms with E-state index in [4.69, 9.17) is 4.74 Å². The molecule has 1 aliphatic heterocycles. The highest BCUT2D eigenvalue weighted by Crippen LogP contribution is 2.35. The van der Waals surface area contributed by atoms with Gasteiger partial charge in [-0.3, -0.25) is 14.1 Å². The lowest BCUT2D eigenvalue weighted by atomic mass is 9.94. The number of nitriles is 1. The predicted molar refractivity (Wildman–Crippen MR) is 171 cm³/mol. The Balaban J connectivity index is 1.65. The Morgan fingerprint density at radius 1 is 0.913 bits per heavy atom. The summed E-state index contributed by atoms with van der Waals surface area (Å²) in [6.07, 6.45) is -8.15. The number of sulfonamides is 1. The van der Waals surface area contributed by atoms with E-state index < -0.39 is 52.8 Å². The van der Waals surface area contributed by atoms with E-state index in [1.54, 1.807) is 42.5 Å². The van der Waals surface area contributed by atoms with Gasteiger partial charge < -0.3 is 25.2 Å². The van der Waals surface area contributed by atoms with Crippen LogP contribution in [0, 0.1) is 18.3 Å². The fourth-order valence-electron chi connectivity index (χ4n) is 5.42. The van der Waals surface area contributed by atoms with Gasteiger partial charge in [0.2, 0.25) is 0 Å². The maximum absolute atomic E-state index is 14.1. The average Bonchev–Trinajstić information content (AvgIpc) is 3.04. The number of nitrogens with one attached hydrogen (secondary N) is 1. The van der Waals surface area contributed by atoms with Crippen LogP contribution in [0.15, 0.2) is 88.6 Å². The van der Waals surface area contributed by atoms with Crippen LogP contribution >= 0.6 is 0 Å². The molecule has 0 radical (unpaired) electrons. The summed E-state index contributed by atoms with van der Waals surface area (Å²) in [5.74, 6) is 0.251. The van der Waals surface area contributed by atoms with E-state index in [0.29, 0.717) is 16.7 Å². The van der Waals surface area contributed by atoms with Gasteiger partial charge in [-0.2, -0.15) is 5.26 Å². The van der Waals surface area contributed by atoms with Crippen LogP contribution in [0.1, 0.15) is 42.7 Å². The van der Waals surface area contributed by atoms with Crippen molar-refractivity contribution in [3.8, 4) is 28.5 Å². The maximum atomic E-state index is 14.1. The molecule has 0 aliphatic carbocycles. The monoisotopic (exact) mass is 645 g/mol. The summed E-state index contributed by atoms with van der Waals surface area (Å²) in [6, 6.07) is 23.4. The lowest BCUT2D eigenvalue weighted by Gasteiger charge is -2.41. The van der Waals surface area contributed by atoms with Crippen LogP contribution < -0.4 is 10.3 Å². The average molecular weight is 646 g/mol. The SMILES string of the molecule is Cc1ccc(S(=O)(=O)Nc2ccc(-c3cc(-c4ccc(C(C)C)cc4)c(C#N)c(=O)n3[C@@H]3O[C@H](CO)[C@@H](O)[C@H](O)[C@H]3O)cc2)cc1. The topological polar surface area (TPSA) is 182 Å². The molecule has 11 nitrogen and oxygen atoms in total. The first-order valence-corrected chi connectivity index (χ1v) is 16.1. The summed E-state index contributed by atoms with van der Waals surface area (Å²) in [6.45, 7) is 5.22.